The first-order valence-corrected chi connectivity index (χ1v) is 10.4. The van der Waals surface area contributed by atoms with E-state index in [1.165, 1.54) is 29.0 Å². The van der Waals surface area contributed by atoms with Crippen LogP contribution in [-0.4, -0.2) is 48.6 Å². The quantitative estimate of drug-likeness (QED) is 0.776. The number of benzene rings is 1. The van der Waals surface area contributed by atoms with Crippen LogP contribution >= 0.6 is 0 Å². The third kappa shape index (κ3) is 3.70. The van der Waals surface area contributed by atoms with Gasteiger partial charge in [-0.1, -0.05) is 0 Å². The summed E-state index contributed by atoms with van der Waals surface area (Å²) in [4.78, 5) is 16.0. The minimum absolute atomic E-state index is 0.0867. The van der Waals surface area contributed by atoms with Crippen molar-refractivity contribution in [3.05, 3.63) is 47.1 Å². The highest BCUT2D eigenvalue weighted by molar-refractivity contribution is 7.89. The van der Waals surface area contributed by atoms with E-state index in [-0.39, 0.29) is 16.4 Å². The molecule has 1 saturated heterocycles. The summed E-state index contributed by atoms with van der Waals surface area (Å²) in [6, 6.07) is 6.17. The first-order chi connectivity index (χ1) is 13.0. The highest BCUT2D eigenvalue weighted by Crippen LogP contribution is 2.34. The summed E-state index contributed by atoms with van der Waals surface area (Å²) in [5, 5.41) is 0. The highest BCUT2D eigenvalue weighted by atomic mass is 32.2. The predicted molar refractivity (Wildman–Crippen MR) is 97.4 cm³/mol. The van der Waals surface area contributed by atoms with E-state index in [1.54, 1.807) is 16.7 Å². The SMILES string of the molecule is O=c1ccncn1CC1CCN(S(=O)(=O)c2ccc3c(c2)OCCO3)CC1. The minimum atomic E-state index is -3.58. The summed E-state index contributed by atoms with van der Waals surface area (Å²) in [6.45, 7) is 2.29. The zero-order valence-corrected chi connectivity index (χ0v) is 15.6. The van der Waals surface area contributed by atoms with Gasteiger partial charge in [0.1, 0.15) is 13.2 Å². The van der Waals surface area contributed by atoms with Crippen LogP contribution in [0.5, 0.6) is 11.5 Å². The standard InChI is InChI=1S/C18H21N3O5S/c22-18-3-6-19-13-20(18)12-14-4-7-21(8-5-14)27(23,24)15-1-2-16-17(11-15)26-10-9-25-16/h1-3,6,11,13-14H,4-5,7-10,12H2. The largest absolute Gasteiger partial charge is 0.486 e. The second-order valence-corrected chi connectivity index (χ2v) is 8.66. The van der Waals surface area contributed by atoms with Crippen molar-refractivity contribution >= 4 is 10.0 Å². The van der Waals surface area contributed by atoms with Gasteiger partial charge in [0.15, 0.2) is 11.5 Å². The molecule has 3 heterocycles. The van der Waals surface area contributed by atoms with Crippen LogP contribution in [-0.2, 0) is 16.6 Å². The van der Waals surface area contributed by atoms with E-state index in [0.29, 0.717) is 57.2 Å². The van der Waals surface area contributed by atoms with Crippen molar-refractivity contribution in [3.8, 4) is 11.5 Å². The molecule has 9 heteroatoms. The van der Waals surface area contributed by atoms with E-state index in [2.05, 4.69) is 4.98 Å². The summed E-state index contributed by atoms with van der Waals surface area (Å²) in [5.74, 6) is 1.28. The third-order valence-corrected chi connectivity index (χ3v) is 6.87. The number of piperidine rings is 1. The van der Waals surface area contributed by atoms with Crippen molar-refractivity contribution in [2.24, 2.45) is 5.92 Å². The summed E-state index contributed by atoms with van der Waals surface area (Å²) < 4.78 is 39.9. The van der Waals surface area contributed by atoms with Gasteiger partial charge in [-0.05, 0) is 30.9 Å². The molecule has 2 aromatic rings. The Kier molecular flexibility index (Phi) is 4.88. The maximum absolute atomic E-state index is 13.0. The number of rotatable bonds is 4. The molecule has 27 heavy (non-hydrogen) atoms. The minimum Gasteiger partial charge on any atom is -0.486 e. The Morgan fingerprint density at radius 2 is 1.81 bits per heavy atom. The lowest BCUT2D eigenvalue weighted by Crippen LogP contribution is -2.40. The second-order valence-electron chi connectivity index (χ2n) is 6.72. The van der Waals surface area contributed by atoms with Crippen LogP contribution in [0, 0.1) is 5.92 Å². The van der Waals surface area contributed by atoms with Gasteiger partial charge in [-0.2, -0.15) is 4.31 Å². The molecule has 1 aromatic carbocycles. The van der Waals surface area contributed by atoms with Gasteiger partial charge in [-0.25, -0.2) is 13.4 Å². The molecular formula is C18H21N3O5S. The number of hydrogen-bond donors (Lipinski definition) is 0. The van der Waals surface area contributed by atoms with E-state index in [0.717, 1.165) is 0 Å². The highest BCUT2D eigenvalue weighted by Gasteiger charge is 2.30. The van der Waals surface area contributed by atoms with E-state index < -0.39 is 10.0 Å². The van der Waals surface area contributed by atoms with Crippen molar-refractivity contribution in [3.63, 3.8) is 0 Å². The molecule has 0 amide bonds. The van der Waals surface area contributed by atoms with Crippen LogP contribution in [0.25, 0.3) is 0 Å². The zero-order chi connectivity index (χ0) is 18.9. The van der Waals surface area contributed by atoms with Crippen LogP contribution < -0.4 is 15.0 Å². The smallest absolute Gasteiger partial charge is 0.253 e. The Hall–Kier alpha value is -2.39. The molecule has 8 nitrogen and oxygen atoms in total. The molecule has 0 N–H and O–H groups in total. The van der Waals surface area contributed by atoms with Crippen molar-refractivity contribution in [2.75, 3.05) is 26.3 Å². The number of sulfonamides is 1. The van der Waals surface area contributed by atoms with Gasteiger partial charge in [-0.15, -0.1) is 0 Å². The van der Waals surface area contributed by atoms with Crippen LogP contribution in [0.2, 0.25) is 0 Å². The van der Waals surface area contributed by atoms with E-state index in [4.69, 9.17) is 9.47 Å². The Bertz CT molecular complexity index is 980. The average molecular weight is 391 g/mol. The van der Waals surface area contributed by atoms with E-state index in [9.17, 15) is 13.2 Å². The number of ether oxygens (including phenoxy) is 2. The average Bonchev–Trinajstić information content (AvgIpc) is 2.70. The molecule has 1 fully saturated rings. The van der Waals surface area contributed by atoms with Crippen molar-refractivity contribution < 1.29 is 17.9 Å². The second kappa shape index (κ2) is 7.32. The maximum atomic E-state index is 13.0. The third-order valence-electron chi connectivity index (χ3n) is 4.97. The maximum Gasteiger partial charge on any atom is 0.253 e. The van der Waals surface area contributed by atoms with Gasteiger partial charge in [0, 0.05) is 38.0 Å². The molecule has 2 aliphatic rings. The summed E-state index contributed by atoms with van der Waals surface area (Å²) >= 11 is 0. The molecule has 0 saturated carbocycles. The predicted octanol–water partition coefficient (Wildman–Crippen LogP) is 1.12. The van der Waals surface area contributed by atoms with Gasteiger partial charge in [0.25, 0.3) is 5.56 Å². The fraction of sp³-hybridized carbons (Fsp3) is 0.444. The van der Waals surface area contributed by atoms with Crippen LogP contribution in [0.4, 0.5) is 0 Å². The summed E-state index contributed by atoms with van der Waals surface area (Å²) in [5.41, 5.74) is -0.0867. The summed E-state index contributed by atoms with van der Waals surface area (Å²) in [7, 11) is -3.58. The zero-order valence-electron chi connectivity index (χ0n) is 14.8. The molecule has 1 aromatic heterocycles. The van der Waals surface area contributed by atoms with Gasteiger partial charge in [0.2, 0.25) is 10.0 Å². The first kappa shape index (κ1) is 18.0. The van der Waals surface area contributed by atoms with Gasteiger partial charge in [0.05, 0.1) is 11.2 Å². The van der Waals surface area contributed by atoms with Crippen LogP contribution in [0.15, 0.2) is 46.5 Å². The molecule has 0 bridgehead atoms. The van der Waals surface area contributed by atoms with E-state index in [1.807, 2.05) is 0 Å². The fourth-order valence-corrected chi connectivity index (χ4v) is 4.94. The van der Waals surface area contributed by atoms with E-state index >= 15 is 0 Å². The molecule has 144 valence electrons. The van der Waals surface area contributed by atoms with Gasteiger partial charge < -0.3 is 9.47 Å². The molecule has 0 spiro atoms. The molecule has 0 aliphatic carbocycles. The van der Waals surface area contributed by atoms with Crippen molar-refractivity contribution in [1.29, 1.82) is 0 Å². The molecule has 4 rings (SSSR count). The lowest BCUT2D eigenvalue weighted by Gasteiger charge is -2.31. The van der Waals surface area contributed by atoms with Crippen LogP contribution in [0.3, 0.4) is 0 Å². The molecule has 0 unspecified atom stereocenters. The Morgan fingerprint density at radius 1 is 1.07 bits per heavy atom. The Morgan fingerprint density at radius 3 is 2.56 bits per heavy atom. The molecule has 2 aliphatic heterocycles. The van der Waals surface area contributed by atoms with Crippen molar-refractivity contribution in [1.82, 2.24) is 13.9 Å². The number of fused-ring (bicyclic) bond motifs is 1. The lowest BCUT2D eigenvalue weighted by atomic mass is 9.98. The molecule has 0 radical (unpaired) electrons. The van der Waals surface area contributed by atoms with Crippen molar-refractivity contribution in [2.45, 2.75) is 24.3 Å². The number of nitrogens with zero attached hydrogens (tertiary/aromatic N) is 3. The molecular weight excluding hydrogens is 370 g/mol. The number of aromatic nitrogens is 2. The topological polar surface area (TPSA) is 90.7 Å². The lowest BCUT2D eigenvalue weighted by molar-refractivity contribution is 0.171. The van der Waals surface area contributed by atoms with Crippen LogP contribution in [0.1, 0.15) is 12.8 Å². The van der Waals surface area contributed by atoms with Gasteiger partial charge in [-0.3, -0.25) is 9.36 Å². The Balaban J connectivity index is 1.44. The first-order valence-electron chi connectivity index (χ1n) is 8.94. The normalized spacial score (nSPS) is 18.4. The Labute approximate surface area is 157 Å². The molecule has 0 atom stereocenters. The summed E-state index contributed by atoms with van der Waals surface area (Å²) in [6.07, 6.45) is 4.40. The monoisotopic (exact) mass is 391 g/mol. The number of hydrogen-bond acceptors (Lipinski definition) is 6. The van der Waals surface area contributed by atoms with Gasteiger partial charge >= 0.3 is 0 Å². The fourth-order valence-electron chi connectivity index (χ4n) is 3.46.